The van der Waals surface area contributed by atoms with E-state index in [1.165, 1.54) is 0 Å². The van der Waals surface area contributed by atoms with Crippen molar-refractivity contribution in [1.82, 2.24) is 9.80 Å². The van der Waals surface area contributed by atoms with E-state index in [4.69, 9.17) is 9.47 Å². The minimum Gasteiger partial charge on any atom is -0.496 e. The molecule has 1 aliphatic carbocycles. The number of benzene rings is 1. The Bertz CT molecular complexity index is 700. The van der Waals surface area contributed by atoms with Gasteiger partial charge in [-0.15, -0.1) is 0 Å². The minimum atomic E-state index is 0.0668. The lowest BCUT2D eigenvalue weighted by atomic mass is 9.84. The number of ether oxygens (including phenoxy) is 2. The summed E-state index contributed by atoms with van der Waals surface area (Å²) in [6, 6.07) is 3.79. The first kappa shape index (κ1) is 19.5. The van der Waals surface area contributed by atoms with Crippen LogP contribution in [0.2, 0.25) is 0 Å². The van der Waals surface area contributed by atoms with Crippen molar-refractivity contribution >= 4 is 11.8 Å². The summed E-state index contributed by atoms with van der Waals surface area (Å²) in [6.07, 6.45) is 4.31. The number of aryl methyl sites for hydroxylation is 1. The van der Waals surface area contributed by atoms with Gasteiger partial charge in [0.05, 0.1) is 20.6 Å². The van der Waals surface area contributed by atoms with Gasteiger partial charge in [-0.3, -0.25) is 9.59 Å². The van der Waals surface area contributed by atoms with E-state index in [0.717, 1.165) is 49.1 Å². The molecule has 0 spiro atoms. The molecule has 148 valence electrons. The van der Waals surface area contributed by atoms with E-state index in [1.807, 2.05) is 28.9 Å². The molecule has 6 heteroatoms. The van der Waals surface area contributed by atoms with Crippen molar-refractivity contribution in [2.45, 2.75) is 39.0 Å². The van der Waals surface area contributed by atoms with E-state index in [9.17, 15) is 9.59 Å². The summed E-state index contributed by atoms with van der Waals surface area (Å²) >= 11 is 0. The number of hydrogen-bond acceptors (Lipinski definition) is 4. The van der Waals surface area contributed by atoms with Crippen molar-refractivity contribution < 1.29 is 19.1 Å². The molecule has 0 unspecified atom stereocenters. The quantitative estimate of drug-likeness (QED) is 0.794. The normalized spacial score (nSPS) is 17.9. The molecule has 1 aliphatic heterocycles. The maximum atomic E-state index is 12.9. The van der Waals surface area contributed by atoms with Gasteiger partial charge in [-0.2, -0.15) is 0 Å². The topological polar surface area (TPSA) is 59.1 Å². The van der Waals surface area contributed by atoms with Crippen LogP contribution in [0.15, 0.2) is 12.1 Å². The smallest absolute Gasteiger partial charge is 0.227 e. The summed E-state index contributed by atoms with van der Waals surface area (Å²) in [5, 5.41) is 0. The van der Waals surface area contributed by atoms with Gasteiger partial charge in [-0.1, -0.05) is 6.42 Å². The fourth-order valence-corrected chi connectivity index (χ4v) is 3.83. The number of amides is 2. The summed E-state index contributed by atoms with van der Waals surface area (Å²) < 4.78 is 10.8. The molecular formula is C21H30N2O4. The molecule has 27 heavy (non-hydrogen) atoms. The molecule has 6 nitrogen and oxygen atoms in total. The van der Waals surface area contributed by atoms with Crippen LogP contribution in [0.3, 0.4) is 0 Å². The van der Waals surface area contributed by atoms with Crippen LogP contribution in [0.25, 0.3) is 0 Å². The molecule has 0 aromatic heterocycles. The number of rotatable bonds is 5. The van der Waals surface area contributed by atoms with Crippen molar-refractivity contribution in [3.05, 3.63) is 23.3 Å². The fraction of sp³-hybridized carbons (Fsp3) is 0.619. The van der Waals surface area contributed by atoms with E-state index in [2.05, 4.69) is 0 Å². The molecule has 0 N–H and O–H groups in total. The van der Waals surface area contributed by atoms with E-state index in [0.29, 0.717) is 25.4 Å². The largest absolute Gasteiger partial charge is 0.496 e. The Labute approximate surface area is 161 Å². The van der Waals surface area contributed by atoms with Crippen LogP contribution in [0.1, 0.15) is 36.8 Å². The van der Waals surface area contributed by atoms with Gasteiger partial charge in [0.2, 0.25) is 11.8 Å². The van der Waals surface area contributed by atoms with Crippen LogP contribution in [0, 0.1) is 12.8 Å². The van der Waals surface area contributed by atoms with Crippen molar-refractivity contribution in [1.29, 1.82) is 0 Å². The predicted molar refractivity (Wildman–Crippen MR) is 103 cm³/mol. The fourth-order valence-electron chi connectivity index (χ4n) is 3.83. The molecule has 2 aliphatic rings. The molecule has 1 saturated carbocycles. The van der Waals surface area contributed by atoms with Gasteiger partial charge < -0.3 is 19.3 Å². The Morgan fingerprint density at radius 2 is 1.63 bits per heavy atom. The van der Waals surface area contributed by atoms with Crippen molar-refractivity contribution in [2.75, 3.05) is 40.4 Å². The van der Waals surface area contributed by atoms with Crippen LogP contribution in [0.5, 0.6) is 11.5 Å². The molecule has 3 rings (SSSR count). The van der Waals surface area contributed by atoms with E-state index < -0.39 is 0 Å². The Hall–Kier alpha value is -2.24. The highest BCUT2D eigenvalue weighted by Gasteiger charge is 2.31. The lowest BCUT2D eigenvalue weighted by molar-refractivity contribution is -0.138. The molecular weight excluding hydrogens is 344 g/mol. The van der Waals surface area contributed by atoms with Crippen molar-refractivity contribution in [3.63, 3.8) is 0 Å². The zero-order chi connectivity index (χ0) is 19.4. The predicted octanol–water partition coefficient (Wildman–Crippen LogP) is 2.42. The molecule has 1 heterocycles. The lowest BCUT2D eigenvalue weighted by Gasteiger charge is -2.31. The third-order valence-corrected chi connectivity index (χ3v) is 5.75. The summed E-state index contributed by atoms with van der Waals surface area (Å²) in [7, 11) is 3.24. The van der Waals surface area contributed by atoms with Gasteiger partial charge in [0.1, 0.15) is 11.5 Å². The Kier molecular flexibility index (Phi) is 6.24. The first-order chi connectivity index (χ1) is 13.0. The first-order valence-electron chi connectivity index (χ1n) is 9.81. The molecule has 1 aromatic rings. The van der Waals surface area contributed by atoms with Crippen LogP contribution in [-0.4, -0.2) is 62.0 Å². The summed E-state index contributed by atoms with van der Waals surface area (Å²) in [5.74, 6) is 2.03. The highest BCUT2D eigenvalue weighted by atomic mass is 16.5. The van der Waals surface area contributed by atoms with Gasteiger partial charge in [0.25, 0.3) is 0 Å². The summed E-state index contributed by atoms with van der Waals surface area (Å²) in [4.78, 5) is 29.2. The second-order valence-electron chi connectivity index (χ2n) is 7.50. The number of methoxy groups -OCH3 is 2. The minimum absolute atomic E-state index is 0.0668. The van der Waals surface area contributed by atoms with E-state index >= 15 is 0 Å². The molecule has 2 fully saturated rings. The van der Waals surface area contributed by atoms with Gasteiger partial charge in [-0.05, 0) is 43.9 Å². The molecule has 0 radical (unpaired) electrons. The number of carbonyl (C=O) groups excluding carboxylic acids is 2. The molecule has 0 atom stereocenters. The second-order valence-corrected chi connectivity index (χ2v) is 7.50. The van der Waals surface area contributed by atoms with Gasteiger partial charge in [-0.25, -0.2) is 0 Å². The number of hydrogen-bond donors (Lipinski definition) is 0. The lowest BCUT2D eigenvalue weighted by Crippen LogP contribution is -2.41. The highest BCUT2D eigenvalue weighted by molar-refractivity contribution is 5.81. The maximum Gasteiger partial charge on any atom is 0.227 e. The SMILES string of the molecule is COc1cc(CC(=O)N2CCCN(C(=O)C3CCC3)CC2)c(OC)cc1C. The van der Waals surface area contributed by atoms with E-state index in [1.54, 1.807) is 14.2 Å². The monoisotopic (exact) mass is 374 g/mol. The third-order valence-electron chi connectivity index (χ3n) is 5.75. The van der Waals surface area contributed by atoms with Crippen LogP contribution >= 0.6 is 0 Å². The van der Waals surface area contributed by atoms with Gasteiger partial charge in [0, 0.05) is 37.7 Å². The van der Waals surface area contributed by atoms with Crippen LogP contribution in [-0.2, 0) is 16.0 Å². The highest BCUT2D eigenvalue weighted by Crippen LogP contribution is 2.30. The Morgan fingerprint density at radius 1 is 0.963 bits per heavy atom. The van der Waals surface area contributed by atoms with Crippen molar-refractivity contribution in [3.8, 4) is 11.5 Å². The van der Waals surface area contributed by atoms with Crippen LogP contribution < -0.4 is 9.47 Å². The van der Waals surface area contributed by atoms with Gasteiger partial charge in [0.15, 0.2) is 0 Å². The Morgan fingerprint density at radius 3 is 2.26 bits per heavy atom. The van der Waals surface area contributed by atoms with E-state index in [-0.39, 0.29) is 24.2 Å². The third kappa shape index (κ3) is 4.37. The zero-order valence-corrected chi connectivity index (χ0v) is 16.6. The standard InChI is InChI=1S/C21H30N2O4/c1-15-12-19(27-3)17(13-18(15)26-2)14-20(24)22-8-5-9-23(11-10-22)21(25)16-6-4-7-16/h12-13,16H,4-11,14H2,1-3H3. The summed E-state index contributed by atoms with van der Waals surface area (Å²) in [6.45, 7) is 4.63. The molecule has 2 amide bonds. The average molecular weight is 374 g/mol. The number of nitrogens with zero attached hydrogens (tertiary/aromatic N) is 2. The van der Waals surface area contributed by atoms with Gasteiger partial charge >= 0.3 is 0 Å². The van der Waals surface area contributed by atoms with Crippen LogP contribution in [0.4, 0.5) is 0 Å². The molecule has 1 saturated heterocycles. The number of carbonyl (C=O) groups is 2. The average Bonchev–Trinajstić information content (AvgIpc) is 2.87. The maximum absolute atomic E-state index is 12.9. The molecule has 1 aromatic carbocycles. The molecule has 0 bridgehead atoms. The van der Waals surface area contributed by atoms with Crippen molar-refractivity contribution in [2.24, 2.45) is 5.92 Å². The Balaban J connectivity index is 1.63. The summed E-state index contributed by atoms with van der Waals surface area (Å²) in [5.41, 5.74) is 1.81. The zero-order valence-electron chi connectivity index (χ0n) is 16.6. The first-order valence-corrected chi connectivity index (χ1v) is 9.81. The second kappa shape index (κ2) is 8.63.